The zero-order valence-corrected chi connectivity index (χ0v) is 13.4. The standard InChI is InChI=1S/C14H22N2O5S/c1-14(2,10-17)12(18)13(19)15-8-9-22(20,21)16-11-6-4-3-5-7-11/h3-7,12,16-18H,8-10H2,1-2H3,(H,15,19). The first kappa shape index (κ1) is 18.4. The summed E-state index contributed by atoms with van der Waals surface area (Å²) in [7, 11) is -3.59. The van der Waals surface area contributed by atoms with Crippen molar-refractivity contribution in [3.8, 4) is 0 Å². The van der Waals surface area contributed by atoms with E-state index in [4.69, 9.17) is 5.11 Å². The molecule has 1 unspecified atom stereocenters. The van der Waals surface area contributed by atoms with Crippen molar-refractivity contribution in [2.45, 2.75) is 20.0 Å². The minimum absolute atomic E-state index is 0.139. The quantitative estimate of drug-likeness (QED) is 0.532. The molecule has 0 heterocycles. The van der Waals surface area contributed by atoms with E-state index >= 15 is 0 Å². The van der Waals surface area contributed by atoms with Gasteiger partial charge in [-0.2, -0.15) is 0 Å². The maximum Gasteiger partial charge on any atom is 0.249 e. The first-order valence-corrected chi connectivity index (χ1v) is 8.45. The number of aliphatic hydroxyl groups excluding tert-OH is 2. The lowest BCUT2D eigenvalue weighted by atomic mass is 9.87. The van der Waals surface area contributed by atoms with Crippen molar-refractivity contribution in [2.24, 2.45) is 5.41 Å². The first-order chi connectivity index (χ1) is 10.2. The van der Waals surface area contributed by atoms with E-state index in [9.17, 15) is 18.3 Å². The number of aliphatic hydroxyl groups is 2. The van der Waals surface area contributed by atoms with Gasteiger partial charge in [0.25, 0.3) is 0 Å². The molecule has 0 aliphatic rings. The molecule has 1 aromatic carbocycles. The van der Waals surface area contributed by atoms with E-state index in [-0.39, 0.29) is 18.9 Å². The average molecular weight is 330 g/mol. The lowest BCUT2D eigenvalue weighted by Crippen LogP contribution is -2.46. The van der Waals surface area contributed by atoms with Crippen molar-refractivity contribution in [1.29, 1.82) is 0 Å². The van der Waals surface area contributed by atoms with Gasteiger partial charge in [0.2, 0.25) is 15.9 Å². The van der Waals surface area contributed by atoms with Crippen molar-refractivity contribution in [3.63, 3.8) is 0 Å². The molecule has 4 N–H and O–H groups in total. The van der Waals surface area contributed by atoms with E-state index < -0.39 is 27.4 Å². The van der Waals surface area contributed by atoms with Crippen LogP contribution >= 0.6 is 0 Å². The smallest absolute Gasteiger partial charge is 0.249 e. The van der Waals surface area contributed by atoms with Crippen LogP contribution in [-0.2, 0) is 14.8 Å². The number of anilines is 1. The number of hydrogen-bond donors (Lipinski definition) is 4. The highest BCUT2D eigenvalue weighted by atomic mass is 32.2. The number of carbonyl (C=O) groups is 1. The second kappa shape index (κ2) is 7.57. The summed E-state index contributed by atoms with van der Waals surface area (Å²) in [6.07, 6.45) is -1.41. The third-order valence-electron chi connectivity index (χ3n) is 3.11. The molecule has 0 fully saturated rings. The number of carbonyl (C=O) groups excluding carboxylic acids is 1. The number of amides is 1. The Morgan fingerprint density at radius 2 is 1.86 bits per heavy atom. The molecule has 0 aromatic heterocycles. The summed E-state index contributed by atoms with van der Waals surface area (Å²) < 4.78 is 26.1. The molecular formula is C14H22N2O5S. The Hall–Kier alpha value is -1.64. The Labute approximate surface area is 130 Å². The highest BCUT2D eigenvalue weighted by Crippen LogP contribution is 2.19. The van der Waals surface area contributed by atoms with Crippen LogP contribution in [0.15, 0.2) is 30.3 Å². The van der Waals surface area contributed by atoms with Gasteiger partial charge in [0.1, 0.15) is 6.10 Å². The van der Waals surface area contributed by atoms with Gasteiger partial charge in [-0.3, -0.25) is 9.52 Å². The van der Waals surface area contributed by atoms with Crippen molar-refractivity contribution in [2.75, 3.05) is 23.6 Å². The van der Waals surface area contributed by atoms with Crippen LogP contribution in [0.2, 0.25) is 0 Å². The lowest BCUT2D eigenvalue weighted by molar-refractivity contribution is -0.136. The predicted molar refractivity (Wildman–Crippen MR) is 83.7 cm³/mol. The van der Waals surface area contributed by atoms with E-state index in [1.807, 2.05) is 0 Å². The molecule has 124 valence electrons. The zero-order chi connectivity index (χ0) is 16.8. The van der Waals surface area contributed by atoms with Gasteiger partial charge in [0, 0.05) is 17.6 Å². The molecule has 7 nitrogen and oxygen atoms in total. The summed E-state index contributed by atoms with van der Waals surface area (Å²) >= 11 is 0. The molecular weight excluding hydrogens is 308 g/mol. The van der Waals surface area contributed by atoms with Gasteiger partial charge in [-0.25, -0.2) is 8.42 Å². The Balaban J connectivity index is 2.48. The molecule has 0 bridgehead atoms. The predicted octanol–water partition coefficient (Wildman–Crippen LogP) is -0.0761. The Kier molecular flexibility index (Phi) is 6.34. The molecule has 1 rings (SSSR count). The maximum absolute atomic E-state index is 11.8. The third-order valence-corrected chi connectivity index (χ3v) is 4.40. The molecule has 22 heavy (non-hydrogen) atoms. The minimum Gasteiger partial charge on any atom is -0.396 e. The van der Waals surface area contributed by atoms with Crippen LogP contribution in [0.4, 0.5) is 5.69 Å². The number of benzene rings is 1. The van der Waals surface area contributed by atoms with E-state index in [1.54, 1.807) is 30.3 Å². The van der Waals surface area contributed by atoms with E-state index in [1.165, 1.54) is 13.8 Å². The summed E-state index contributed by atoms with van der Waals surface area (Å²) in [6, 6.07) is 8.40. The normalized spacial score (nSPS) is 13.5. The van der Waals surface area contributed by atoms with Crippen LogP contribution in [0.25, 0.3) is 0 Å². The Morgan fingerprint density at radius 3 is 2.41 bits per heavy atom. The molecule has 1 amide bonds. The molecule has 0 saturated heterocycles. The number of nitrogens with one attached hydrogen (secondary N) is 2. The average Bonchev–Trinajstić information content (AvgIpc) is 2.46. The van der Waals surface area contributed by atoms with Crippen LogP contribution < -0.4 is 10.0 Å². The summed E-state index contributed by atoms with van der Waals surface area (Å²) in [5.74, 6) is -1.03. The van der Waals surface area contributed by atoms with Crippen LogP contribution in [-0.4, -0.2) is 49.5 Å². The van der Waals surface area contributed by atoms with Crippen LogP contribution in [0.5, 0.6) is 0 Å². The van der Waals surface area contributed by atoms with Crippen LogP contribution in [0, 0.1) is 5.41 Å². The second-order valence-corrected chi connectivity index (χ2v) is 7.47. The number of sulfonamides is 1. The summed E-state index contributed by atoms with van der Waals surface area (Å²) in [6.45, 7) is 2.56. The monoisotopic (exact) mass is 330 g/mol. The number of para-hydroxylation sites is 1. The fraction of sp³-hybridized carbons (Fsp3) is 0.500. The van der Waals surface area contributed by atoms with E-state index in [2.05, 4.69) is 10.0 Å². The summed E-state index contributed by atoms with van der Waals surface area (Å²) in [4.78, 5) is 11.7. The van der Waals surface area contributed by atoms with Gasteiger partial charge in [0.15, 0.2) is 0 Å². The molecule has 1 atom stereocenters. The fourth-order valence-electron chi connectivity index (χ4n) is 1.58. The first-order valence-electron chi connectivity index (χ1n) is 6.80. The largest absolute Gasteiger partial charge is 0.396 e. The second-order valence-electron chi connectivity index (χ2n) is 5.63. The molecule has 0 spiro atoms. The molecule has 8 heteroatoms. The van der Waals surface area contributed by atoms with Gasteiger partial charge in [-0.05, 0) is 12.1 Å². The lowest BCUT2D eigenvalue weighted by Gasteiger charge is -2.27. The van der Waals surface area contributed by atoms with Gasteiger partial charge >= 0.3 is 0 Å². The van der Waals surface area contributed by atoms with Gasteiger partial charge < -0.3 is 15.5 Å². The Bertz CT molecular complexity index is 587. The molecule has 0 aliphatic heterocycles. The topological polar surface area (TPSA) is 116 Å². The van der Waals surface area contributed by atoms with Gasteiger partial charge in [0.05, 0.1) is 12.4 Å². The Morgan fingerprint density at radius 1 is 1.27 bits per heavy atom. The molecule has 0 aliphatic carbocycles. The van der Waals surface area contributed by atoms with Crippen molar-refractivity contribution >= 4 is 21.6 Å². The zero-order valence-electron chi connectivity index (χ0n) is 12.6. The van der Waals surface area contributed by atoms with Crippen LogP contribution in [0.3, 0.4) is 0 Å². The van der Waals surface area contributed by atoms with Gasteiger partial charge in [-0.1, -0.05) is 32.0 Å². The van der Waals surface area contributed by atoms with E-state index in [0.29, 0.717) is 5.69 Å². The van der Waals surface area contributed by atoms with Gasteiger partial charge in [-0.15, -0.1) is 0 Å². The third kappa shape index (κ3) is 5.63. The van der Waals surface area contributed by atoms with Crippen molar-refractivity contribution < 1.29 is 23.4 Å². The SMILES string of the molecule is CC(C)(CO)C(O)C(=O)NCCS(=O)(=O)Nc1ccccc1. The van der Waals surface area contributed by atoms with Crippen molar-refractivity contribution in [1.82, 2.24) is 5.32 Å². The van der Waals surface area contributed by atoms with Crippen molar-refractivity contribution in [3.05, 3.63) is 30.3 Å². The maximum atomic E-state index is 11.8. The number of rotatable bonds is 8. The summed E-state index contributed by atoms with van der Waals surface area (Å²) in [5, 5.41) is 21.2. The van der Waals surface area contributed by atoms with Crippen LogP contribution in [0.1, 0.15) is 13.8 Å². The highest BCUT2D eigenvalue weighted by Gasteiger charge is 2.32. The molecule has 0 saturated carbocycles. The fourth-order valence-corrected chi connectivity index (χ4v) is 2.55. The summed E-state index contributed by atoms with van der Waals surface area (Å²) in [5.41, 5.74) is -0.555. The molecule has 1 aromatic rings. The minimum atomic E-state index is -3.59. The molecule has 0 radical (unpaired) electrons. The van der Waals surface area contributed by atoms with E-state index in [0.717, 1.165) is 0 Å². The number of hydrogen-bond acceptors (Lipinski definition) is 5. The highest BCUT2D eigenvalue weighted by molar-refractivity contribution is 7.92.